The van der Waals surface area contributed by atoms with Gasteiger partial charge in [0.1, 0.15) is 0 Å². The maximum absolute atomic E-state index is 12.8. The highest BCUT2D eigenvalue weighted by Gasteiger charge is 2.44. The van der Waals surface area contributed by atoms with Crippen molar-refractivity contribution in [3.05, 3.63) is 35.9 Å². The third kappa shape index (κ3) is 8.64. The molecule has 2 N–H and O–H groups in total. The van der Waals surface area contributed by atoms with E-state index in [4.69, 9.17) is 14.6 Å². The third-order valence-corrected chi connectivity index (χ3v) is 9.53. The molecule has 0 radical (unpaired) electrons. The van der Waals surface area contributed by atoms with Crippen LogP contribution < -0.4 is 0 Å². The summed E-state index contributed by atoms with van der Waals surface area (Å²) in [5, 5.41) is 16.9. The first-order chi connectivity index (χ1) is 17.3. The van der Waals surface area contributed by atoms with Gasteiger partial charge in [-0.1, -0.05) is 30.3 Å². The van der Waals surface area contributed by atoms with Crippen molar-refractivity contribution in [2.45, 2.75) is 75.1 Å². The molecule has 1 spiro atoms. The molecule has 1 aromatic carbocycles. The van der Waals surface area contributed by atoms with Crippen molar-refractivity contribution >= 4 is 16.0 Å². The Morgan fingerprint density at radius 1 is 1.14 bits per heavy atom. The number of aliphatic carboxylic acids is 1. The molecule has 12 heteroatoms. The Morgan fingerprint density at radius 3 is 2.24 bits per heavy atom. The highest BCUT2D eigenvalue weighted by Crippen LogP contribution is 2.43. The molecule has 1 aromatic rings. The number of aliphatic hydroxyl groups excluding tert-OH is 1. The molecule has 0 bridgehead atoms. The van der Waals surface area contributed by atoms with Crippen LogP contribution in [-0.4, -0.2) is 91.5 Å². The smallest absolute Gasteiger partial charge is 0.475 e. The number of hydrogen-bond acceptors (Lipinski definition) is 6. The Labute approximate surface area is 216 Å². The van der Waals surface area contributed by atoms with Gasteiger partial charge in [0, 0.05) is 25.7 Å². The van der Waals surface area contributed by atoms with Gasteiger partial charge in [-0.15, -0.1) is 0 Å². The number of hydrogen-bond donors (Lipinski definition) is 2. The summed E-state index contributed by atoms with van der Waals surface area (Å²) in [5.41, 5.74) is 0.979. The number of piperidine rings is 1. The topological polar surface area (TPSA) is 107 Å². The zero-order valence-corrected chi connectivity index (χ0v) is 21.9. The van der Waals surface area contributed by atoms with Crippen LogP contribution in [0.3, 0.4) is 0 Å². The van der Waals surface area contributed by atoms with Crippen LogP contribution in [0.2, 0.25) is 0 Å². The molecule has 0 amide bonds. The lowest BCUT2D eigenvalue weighted by Gasteiger charge is -2.38. The number of aliphatic hydroxyl groups is 1. The van der Waals surface area contributed by atoms with Crippen LogP contribution in [-0.2, 0) is 25.3 Å². The minimum Gasteiger partial charge on any atom is -0.475 e. The number of carboxylic acid groups (broad SMARTS) is 1. The summed E-state index contributed by atoms with van der Waals surface area (Å²) in [6.07, 6.45) is 1.74. The predicted octanol–water partition coefficient (Wildman–Crippen LogP) is 3.26. The van der Waals surface area contributed by atoms with E-state index in [9.17, 15) is 26.7 Å². The molecule has 4 rings (SSSR count). The SMILES string of the molecule is CN(CC1CC2(CCN(S(=O)(=O)Cc3ccccc3)CC2)CO1)C1CCC(O)CC1.O=C(O)C(F)(F)F. The fourth-order valence-corrected chi connectivity index (χ4v) is 6.98. The quantitative estimate of drug-likeness (QED) is 0.560. The average molecular weight is 551 g/mol. The molecule has 2 saturated heterocycles. The van der Waals surface area contributed by atoms with Gasteiger partial charge < -0.3 is 19.8 Å². The van der Waals surface area contributed by atoms with E-state index >= 15 is 0 Å². The summed E-state index contributed by atoms with van der Waals surface area (Å²) in [6.45, 7) is 2.88. The second-order valence-corrected chi connectivity index (χ2v) is 12.5. The molecule has 8 nitrogen and oxygen atoms in total. The van der Waals surface area contributed by atoms with E-state index in [1.54, 1.807) is 4.31 Å². The lowest BCUT2D eigenvalue weighted by atomic mass is 9.77. The minimum absolute atomic E-state index is 0.0842. The fraction of sp³-hybridized carbons (Fsp3) is 0.720. The molecule has 3 aliphatic rings. The monoisotopic (exact) mass is 550 g/mol. The Balaban J connectivity index is 0.000000479. The van der Waals surface area contributed by atoms with E-state index in [2.05, 4.69) is 11.9 Å². The number of rotatable bonds is 6. The normalized spacial score (nSPS) is 26.6. The van der Waals surface area contributed by atoms with Crippen LogP contribution in [0.1, 0.15) is 50.5 Å². The molecular formula is C25H37F3N2O6S. The standard InChI is InChI=1S/C23H36N2O4S.C2HF3O2/c1-24(20-7-9-21(26)10-8-20)16-22-15-23(18-29-22)11-13-25(14-12-23)30(27,28)17-19-5-3-2-4-6-19;3-2(4,5)1(6)7/h2-6,20-22,26H,7-18H2,1H3;(H,6,7). The van der Waals surface area contributed by atoms with Gasteiger partial charge in [0.25, 0.3) is 0 Å². The number of carbonyl (C=O) groups is 1. The predicted molar refractivity (Wildman–Crippen MR) is 131 cm³/mol. The van der Waals surface area contributed by atoms with Crippen LogP contribution in [0.25, 0.3) is 0 Å². The van der Waals surface area contributed by atoms with Gasteiger partial charge in [0.05, 0.1) is 24.6 Å². The number of benzene rings is 1. The van der Waals surface area contributed by atoms with E-state index in [0.717, 1.165) is 63.7 Å². The van der Waals surface area contributed by atoms with Gasteiger partial charge in [-0.2, -0.15) is 13.2 Å². The first kappa shape index (κ1) is 29.8. The Hall–Kier alpha value is -1.73. The molecule has 3 fully saturated rings. The first-order valence-electron chi connectivity index (χ1n) is 12.6. The maximum Gasteiger partial charge on any atom is 0.490 e. The number of halogens is 3. The fourth-order valence-electron chi connectivity index (χ4n) is 5.45. The van der Waals surface area contributed by atoms with Crippen LogP contribution in [0.5, 0.6) is 0 Å². The van der Waals surface area contributed by atoms with Crippen molar-refractivity contribution in [2.75, 3.05) is 33.3 Å². The first-order valence-corrected chi connectivity index (χ1v) is 14.2. The molecular weight excluding hydrogens is 513 g/mol. The number of sulfonamides is 1. The number of ether oxygens (including phenoxy) is 1. The van der Waals surface area contributed by atoms with Crippen molar-refractivity contribution in [1.29, 1.82) is 0 Å². The minimum atomic E-state index is -5.08. The van der Waals surface area contributed by atoms with Gasteiger partial charge in [-0.05, 0) is 63.0 Å². The second-order valence-electron chi connectivity index (χ2n) is 10.5. The van der Waals surface area contributed by atoms with Crippen LogP contribution in [0, 0.1) is 5.41 Å². The van der Waals surface area contributed by atoms with Crippen molar-refractivity contribution in [3.8, 4) is 0 Å². The molecule has 37 heavy (non-hydrogen) atoms. The van der Waals surface area contributed by atoms with E-state index in [-0.39, 0.29) is 23.4 Å². The Morgan fingerprint density at radius 2 is 1.70 bits per heavy atom. The Kier molecular flexibility index (Phi) is 10.0. The molecule has 1 unspecified atom stereocenters. The van der Waals surface area contributed by atoms with E-state index < -0.39 is 22.2 Å². The molecule has 0 aromatic heterocycles. The lowest BCUT2D eigenvalue weighted by molar-refractivity contribution is -0.192. The van der Waals surface area contributed by atoms with E-state index in [1.807, 2.05) is 30.3 Å². The van der Waals surface area contributed by atoms with Crippen LogP contribution in [0.15, 0.2) is 30.3 Å². The van der Waals surface area contributed by atoms with Gasteiger partial charge >= 0.3 is 12.1 Å². The van der Waals surface area contributed by atoms with Crippen LogP contribution >= 0.6 is 0 Å². The summed E-state index contributed by atoms with van der Waals surface area (Å²) in [5.74, 6) is -2.67. The summed E-state index contributed by atoms with van der Waals surface area (Å²) >= 11 is 0. The second kappa shape index (κ2) is 12.4. The lowest BCUT2D eigenvalue weighted by Crippen LogP contribution is -2.44. The molecule has 1 aliphatic carbocycles. The highest BCUT2D eigenvalue weighted by molar-refractivity contribution is 7.88. The molecule has 2 aliphatic heterocycles. The largest absolute Gasteiger partial charge is 0.490 e. The third-order valence-electron chi connectivity index (χ3n) is 7.68. The summed E-state index contributed by atoms with van der Waals surface area (Å²) in [7, 11) is -1.09. The number of alkyl halides is 3. The maximum atomic E-state index is 12.8. The summed E-state index contributed by atoms with van der Waals surface area (Å²) in [4.78, 5) is 11.3. The van der Waals surface area contributed by atoms with Crippen LogP contribution in [0.4, 0.5) is 13.2 Å². The summed E-state index contributed by atoms with van der Waals surface area (Å²) < 4.78 is 65.3. The van der Waals surface area contributed by atoms with Gasteiger partial charge in [-0.3, -0.25) is 0 Å². The molecule has 2 heterocycles. The zero-order valence-electron chi connectivity index (χ0n) is 21.1. The van der Waals surface area contributed by atoms with E-state index in [0.29, 0.717) is 19.1 Å². The average Bonchev–Trinajstić information content (AvgIpc) is 3.21. The number of nitrogens with zero attached hydrogens (tertiary/aromatic N) is 2. The number of carboxylic acids is 1. The molecule has 1 saturated carbocycles. The van der Waals surface area contributed by atoms with Gasteiger partial charge in [0.15, 0.2) is 0 Å². The number of likely N-dealkylation sites (N-methyl/N-ethyl adjacent to an activating group) is 1. The van der Waals surface area contributed by atoms with Crippen molar-refractivity contribution in [1.82, 2.24) is 9.21 Å². The van der Waals surface area contributed by atoms with Gasteiger partial charge in [0.2, 0.25) is 10.0 Å². The summed E-state index contributed by atoms with van der Waals surface area (Å²) in [6, 6.07) is 9.98. The van der Waals surface area contributed by atoms with E-state index in [1.165, 1.54) is 0 Å². The molecule has 210 valence electrons. The van der Waals surface area contributed by atoms with Gasteiger partial charge in [-0.25, -0.2) is 17.5 Å². The zero-order chi connectivity index (χ0) is 27.3. The molecule has 1 atom stereocenters. The Bertz CT molecular complexity index is 976. The van der Waals surface area contributed by atoms with Crippen molar-refractivity contribution < 1.29 is 41.3 Å². The highest BCUT2D eigenvalue weighted by atomic mass is 32.2. The van der Waals surface area contributed by atoms with Crippen molar-refractivity contribution in [2.24, 2.45) is 5.41 Å². The van der Waals surface area contributed by atoms with Crippen molar-refractivity contribution in [3.63, 3.8) is 0 Å².